The fourth-order valence-electron chi connectivity index (χ4n) is 1.35. The molecule has 22 heavy (non-hydrogen) atoms. The van der Waals surface area contributed by atoms with Crippen molar-refractivity contribution in [1.29, 1.82) is 0 Å². The van der Waals surface area contributed by atoms with Crippen molar-refractivity contribution in [3.8, 4) is 0 Å². The first kappa shape index (κ1) is 56.8. The minimum absolute atomic E-state index is 0. The van der Waals surface area contributed by atoms with E-state index in [0.29, 0.717) is 0 Å². The molecular weight excluding hydrogens is 392 g/mol. The van der Waals surface area contributed by atoms with E-state index < -0.39 is 0 Å². The van der Waals surface area contributed by atoms with Gasteiger partial charge < -0.3 is 42.5 Å². The van der Waals surface area contributed by atoms with Crippen molar-refractivity contribution < 1.29 is 26.2 Å². The molecule has 0 spiro atoms. The fraction of sp³-hybridized carbons (Fsp3) is 0.500. The Hall–Kier alpha value is 0.903. The van der Waals surface area contributed by atoms with E-state index in [9.17, 15) is 0 Å². The van der Waals surface area contributed by atoms with E-state index in [1.807, 2.05) is 12.2 Å². The van der Waals surface area contributed by atoms with Crippen LogP contribution in [0.15, 0.2) is 18.2 Å². The molecule has 1 nitrogen and oxygen atoms in total. The van der Waals surface area contributed by atoms with Gasteiger partial charge in [-0.15, -0.1) is 42.3 Å². The molecule has 1 rings (SSSR count). The molecule has 0 saturated carbocycles. The molecule has 0 aliphatic heterocycles. The summed E-state index contributed by atoms with van der Waals surface area (Å²) < 4.78 is 0. The van der Waals surface area contributed by atoms with E-state index >= 15 is 0 Å². The number of hydrogen-bond donors (Lipinski definition) is 0. The summed E-state index contributed by atoms with van der Waals surface area (Å²) in [7, 11) is 0. The zero-order valence-electron chi connectivity index (χ0n) is 16.7. The first-order chi connectivity index (χ1) is 6.21. The fourth-order valence-corrected chi connectivity index (χ4v) is 1.35. The van der Waals surface area contributed by atoms with Crippen LogP contribution in [0.4, 0.5) is 0 Å². The van der Waals surface area contributed by atoms with Crippen LogP contribution in [0.25, 0.3) is 5.32 Å². The zero-order valence-corrected chi connectivity index (χ0v) is 20.8. The zero-order chi connectivity index (χ0) is 11.2. The minimum Gasteiger partial charge on any atom is -0.653 e. The molecule has 1 aliphatic rings. The Morgan fingerprint density at radius 2 is 1.09 bits per heavy atom. The molecule has 0 radical (unpaired) electrons. The van der Waals surface area contributed by atoms with Crippen LogP contribution in [0.2, 0.25) is 0 Å². The molecule has 0 amide bonds. The van der Waals surface area contributed by atoms with Gasteiger partial charge in [0.15, 0.2) is 0 Å². The number of allylic oxidation sites excluding steroid dienone is 4. The van der Waals surface area contributed by atoms with Crippen molar-refractivity contribution in [2.75, 3.05) is 0 Å². The predicted molar refractivity (Wildman–Crippen MR) is 111 cm³/mol. The summed E-state index contributed by atoms with van der Waals surface area (Å²) in [6, 6.07) is 0. The van der Waals surface area contributed by atoms with Crippen LogP contribution in [0, 0.1) is 43.2 Å². The molecule has 0 atom stereocenters. The van der Waals surface area contributed by atoms with Gasteiger partial charge in [0.05, 0.1) is 0 Å². The summed E-state index contributed by atoms with van der Waals surface area (Å²) in [4.78, 5) is 0. The van der Waals surface area contributed by atoms with Gasteiger partial charge in [0.2, 0.25) is 0 Å². The first-order valence-corrected chi connectivity index (χ1v) is 5.16. The summed E-state index contributed by atoms with van der Waals surface area (Å²) in [6.07, 6.45) is 10.0. The van der Waals surface area contributed by atoms with Gasteiger partial charge in [-0.3, -0.25) is 6.08 Å². The Balaban J connectivity index is -0.0000000169. The number of nitrogens with zero attached hydrogens (tertiary/aromatic N) is 1. The van der Waals surface area contributed by atoms with Crippen LogP contribution in [-0.2, 0) is 26.2 Å². The molecule has 0 aromatic heterocycles. The minimum atomic E-state index is 0. The molecule has 0 heterocycles. The summed E-state index contributed by atoms with van der Waals surface area (Å²) in [5, 5.41) is 4.54. The molecule has 142 valence electrons. The van der Waals surface area contributed by atoms with Gasteiger partial charge in [-0.05, 0) is 0 Å². The standard InChI is InChI=1S/C8H18N.C5H5.5CH3.2ClH.Zr/c1-7(2,3)9-8(4,5)6;1-2-4-5-3-1;;;;;;;;/h1-6H3;1-3H,4H2;5*1H3;2*1H;/q7*-1;;;. The van der Waals surface area contributed by atoms with Crippen molar-refractivity contribution in [1.82, 2.24) is 0 Å². The SMILES string of the molecule is CC(C)(C)[N-]C(C)(C)C.Cl.Cl.[C-]1=CC=CC1.[CH3-].[CH3-].[CH3-].[CH3-].[CH3-].[Zr]. The second-order valence-corrected chi connectivity index (χ2v) is 5.46. The van der Waals surface area contributed by atoms with Crippen LogP contribution in [-0.4, -0.2) is 11.1 Å². The van der Waals surface area contributed by atoms with Gasteiger partial charge >= 0.3 is 0 Å². The number of halogens is 2. The van der Waals surface area contributed by atoms with Crippen LogP contribution < -0.4 is 0 Å². The molecule has 0 saturated heterocycles. The maximum absolute atomic E-state index is 4.54. The Kier molecular flexibility index (Phi) is 69.2. The smallest absolute Gasteiger partial charge is 0 e. The van der Waals surface area contributed by atoms with Crippen molar-refractivity contribution in [2.24, 2.45) is 0 Å². The second kappa shape index (κ2) is 26.8. The van der Waals surface area contributed by atoms with Crippen LogP contribution >= 0.6 is 24.8 Å². The summed E-state index contributed by atoms with van der Waals surface area (Å²) in [5.74, 6) is 0. The average molecular weight is 433 g/mol. The maximum Gasteiger partial charge on any atom is 0 e. The van der Waals surface area contributed by atoms with Crippen LogP contribution in [0.3, 0.4) is 0 Å². The van der Waals surface area contributed by atoms with Gasteiger partial charge in [-0.2, -0.15) is 6.08 Å². The van der Waals surface area contributed by atoms with Crippen molar-refractivity contribution >= 4 is 24.8 Å². The molecule has 1 aliphatic carbocycles. The molecule has 4 heteroatoms. The second-order valence-electron chi connectivity index (χ2n) is 5.46. The molecule has 0 unspecified atom stereocenters. The van der Waals surface area contributed by atoms with E-state index in [0.717, 1.165) is 6.42 Å². The largest absolute Gasteiger partial charge is 0.653 e. The topological polar surface area (TPSA) is 14.1 Å². The van der Waals surface area contributed by atoms with Gasteiger partial charge in [0.1, 0.15) is 0 Å². The van der Waals surface area contributed by atoms with Gasteiger partial charge in [0.25, 0.3) is 0 Å². The predicted octanol–water partition coefficient (Wildman–Crippen LogP) is 7.36. The third-order valence-corrected chi connectivity index (χ3v) is 1.26. The Morgan fingerprint density at radius 3 is 1.14 bits per heavy atom. The third-order valence-electron chi connectivity index (χ3n) is 1.26. The average Bonchev–Trinajstić information content (AvgIpc) is 2.29. The first-order valence-electron chi connectivity index (χ1n) is 5.16. The molecule has 0 N–H and O–H groups in total. The number of hydrogen-bond acceptors (Lipinski definition) is 0. The van der Waals surface area contributed by atoms with Gasteiger partial charge in [-0.1, -0.05) is 41.5 Å². The Morgan fingerprint density at radius 1 is 0.773 bits per heavy atom. The molecule has 0 aromatic carbocycles. The van der Waals surface area contributed by atoms with Crippen LogP contribution in [0.5, 0.6) is 0 Å². The monoisotopic (exact) mass is 430 g/mol. The van der Waals surface area contributed by atoms with Crippen LogP contribution in [0.1, 0.15) is 48.0 Å². The van der Waals surface area contributed by atoms with Crippen molar-refractivity contribution in [3.05, 3.63) is 66.8 Å². The van der Waals surface area contributed by atoms with E-state index in [1.54, 1.807) is 0 Å². The summed E-state index contributed by atoms with van der Waals surface area (Å²) in [6.45, 7) is 12.7. The quantitative estimate of drug-likeness (QED) is 0.355. The van der Waals surface area contributed by atoms with E-state index in [-0.39, 0.29) is 99.2 Å². The third kappa shape index (κ3) is 58.4. The van der Waals surface area contributed by atoms with Gasteiger partial charge in [0, 0.05) is 26.2 Å². The molecule has 0 fully saturated rings. The maximum atomic E-state index is 4.54. The molecule has 0 bridgehead atoms. The summed E-state index contributed by atoms with van der Waals surface area (Å²) >= 11 is 0. The number of rotatable bonds is 0. The summed E-state index contributed by atoms with van der Waals surface area (Å²) in [5.41, 5.74) is 0.219. The van der Waals surface area contributed by atoms with Crippen molar-refractivity contribution in [3.63, 3.8) is 0 Å². The Labute approximate surface area is 176 Å². The molecule has 0 aromatic rings. The van der Waals surface area contributed by atoms with E-state index in [1.165, 1.54) is 0 Å². The Bertz CT molecular complexity index is 192. The van der Waals surface area contributed by atoms with Gasteiger partial charge in [-0.25, -0.2) is 12.2 Å². The normalized spacial score (nSPS) is 9.73. The van der Waals surface area contributed by atoms with Crippen molar-refractivity contribution in [2.45, 2.75) is 59.0 Å². The van der Waals surface area contributed by atoms with E-state index in [2.05, 4.69) is 59.0 Å². The molecular formula is C18H40Cl2NZr-7. The van der Waals surface area contributed by atoms with E-state index in [4.69, 9.17) is 0 Å².